The summed E-state index contributed by atoms with van der Waals surface area (Å²) in [5, 5.41) is 3.24. The Labute approximate surface area is 71.5 Å². The minimum atomic E-state index is -0.633. The lowest BCUT2D eigenvalue weighted by molar-refractivity contribution is 0.664. The molecule has 0 bridgehead atoms. The summed E-state index contributed by atoms with van der Waals surface area (Å²) >= 11 is 0. The first kappa shape index (κ1) is 10.8. The van der Waals surface area contributed by atoms with Crippen LogP contribution < -0.4 is 5.32 Å². The lowest BCUT2D eigenvalue weighted by Crippen LogP contribution is -2.17. The fourth-order valence-corrected chi connectivity index (χ4v) is 1.28. The van der Waals surface area contributed by atoms with Crippen molar-refractivity contribution in [1.82, 2.24) is 5.32 Å². The van der Waals surface area contributed by atoms with Gasteiger partial charge in [-0.1, -0.05) is 6.08 Å². The minimum absolute atomic E-state index is 0.633. The van der Waals surface area contributed by atoms with Gasteiger partial charge >= 0.3 is 0 Å². The van der Waals surface area contributed by atoms with Gasteiger partial charge in [0.2, 0.25) is 0 Å². The highest BCUT2D eigenvalue weighted by Crippen LogP contribution is 1.82. The molecule has 0 aliphatic carbocycles. The van der Waals surface area contributed by atoms with Crippen LogP contribution in [0.1, 0.15) is 12.8 Å². The Kier molecular flexibility index (Phi) is 7.84. The molecule has 0 aromatic carbocycles. The molecule has 1 N–H and O–H groups in total. The van der Waals surface area contributed by atoms with Crippen LogP contribution in [0.25, 0.3) is 0 Å². The highest BCUT2D eigenvalue weighted by atomic mass is 32.2. The van der Waals surface area contributed by atoms with Crippen LogP contribution in [0.2, 0.25) is 0 Å². The summed E-state index contributed by atoms with van der Waals surface area (Å²) in [6.45, 7) is 5.57. The van der Waals surface area contributed by atoms with Crippen LogP contribution in [-0.4, -0.2) is 29.3 Å². The van der Waals surface area contributed by atoms with Gasteiger partial charge in [-0.3, -0.25) is 4.21 Å². The SMILES string of the molecule is C=CCCNCCCS(C)=O. The van der Waals surface area contributed by atoms with E-state index in [1.54, 1.807) is 6.26 Å². The number of hydrogen-bond donors (Lipinski definition) is 1. The molecule has 2 nitrogen and oxygen atoms in total. The molecule has 0 amide bonds. The Morgan fingerprint density at radius 2 is 2.27 bits per heavy atom. The Hall–Kier alpha value is -0.150. The lowest BCUT2D eigenvalue weighted by atomic mass is 10.4. The van der Waals surface area contributed by atoms with Crippen molar-refractivity contribution in [2.45, 2.75) is 12.8 Å². The van der Waals surface area contributed by atoms with E-state index in [9.17, 15) is 4.21 Å². The molecule has 0 saturated carbocycles. The van der Waals surface area contributed by atoms with Gasteiger partial charge in [0.05, 0.1) is 0 Å². The first-order chi connectivity index (χ1) is 5.27. The molecule has 0 aromatic heterocycles. The van der Waals surface area contributed by atoms with E-state index in [0.29, 0.717) is 0 Å². The smallest absolute Gasteiger partial charge is 0.0244 e. The summed E-state index contributed by atoms with van der Waals surface area (Å²) in [5.41, 5.74) is 0. The van der Waals surface area contributed by atoms with Crippen LogP contribution in [0.4, 0.5) is 0 Å². The summed E-state index contributed by atoms with van der Waals surface area (Å²) in [6.07, 6.45) is 5.64. The summed E-state index contributed by atoms with van der Waals surface area (Å²) in [6, 6.07) is 0. The van der Waals surface area contributed by atoms with Gasteiger partial charge < -0.3 is 5.32 Å². The molecule has 3 heteroatoms. The maximum Gasteiger partial charge on any atom is 0.0244 e. The van der Waals surface area contributed by atoms with Gasteiger partial charge in [-0.05, 0) is 25.9 Å². The van der Waals surface area contributed by atoms with Crippen molar-refractivity contribution in [2.75, 3.05) is 25.1 Å². The zero-order valence-corrected chi connectivity index (χ0v) is 7.95. The molecule has 11 heavy (non-hydrogen) atoms. The van der Waals surface area contributed by atoms with Crippen LogP contribution in [0, 0.1) is 0 Å². The maximum absolute atomic E-state index is 10.6. The van der Waals surface area contributed by atoms with E-state index in [4.69, 9.17) is 0 Å². The van der Waals surface area contributed by atoms with E-state index in [0.717, 1.165) is 31.7 Å². The Bertz CT molecular complexity index is 125. The number of nitrogens with one attached hydrogen (secondary N) is 1. The monoisotopic (exact) mass is 175 g/mol. The average Bonchev–Trinajstić information content (AvgIpc) is 1.96. The van der Waals surface area contributed by atoms with Gasteiger partial charge in [-0.2, -0.15) is 0 Å². The van der Waals surface area contributed by atoms with Gasteiger partial charge in [-0.15, -0.1) is 6.58 Å². The first-order valence-electron chi connectivity index (χ1n) is 3.89. The highest BCUT2D eigenvalue weighted by molar-refractivity contribution is 7.84. The number of rotatable bonds is 7. The number of hydrogen-bond acceptors (Lipinski definition) is 2. The van der Waals surface area contributed by atoms with E-state index in [1.165, 1.54) is 0 Å². The molecule has 0 saturated heterocycles. The summed E-state index contributed by atoms with van der Waals surface area (Å²) < 4.78 is 10.6. The van der Waals surface area contributed by atoms with Crippen molar-refractivity contribution in [3.63, 3.8) is 0 Å². The second-order valence-electron chi connectivity index (χ2n) is 2.46. The molecule has 0 rings (SSSR count). The van der Waals surface area contributed by atoms with Crippen molar-refractivity contribution >= 4 is 10.8 Å². The minimum Gasteiger partial charge on any atom is -0.316 e. The Morgan fingerprint density at radius 3 is 2.82 bits per heavy atom. The lowest BCUT2D eigenvalue weighted by Gasteiger charge is -2.00. The largest absolute Gasteiger partial charge is 0.316 e. The van der Waals surface area contributed by atoms with E-state index in [-0.39, 0.29) is 0 Å². The van der Waals surface area contributed by atoms with Gasteiger partial charge in [0.15, 0.2) is 0 Å². The van der Waals surface area contributed by atoms with E-state index < -0.39 is 10.8 Å². The second-order valence-corrected chi connectivity index (χ2v) is 4.01. The van der Waals surface area contributed by atoms with E-state index in [1.807, 2.05) is 6.08 Å². The van der Waals surface area contributed by atoms with Crippen LogP contribution in [0.3, 0.4) is 0 Å². The molecule has 0 aliphatic rings. The predicted octanol–water partition coefficient (Wildman–Crippen LogP) is 0.921. The predicted molar refractivity (Wildman–Crippen MR) is 51.2 cm³/mol. The van der Waals surface area contributed by atoms with Crippen LogP contribution in [-0.2, 0) is 10.8 Å². The first-order valence-corrected chi connectivity index (χ1v) is 5.61. The van der Waals surface area contributed by atoms with Crippen LogP contribution in [0.15, 0.2) is 12.7 Å². The quantitative estimate of drug-likeness (QED) is 0.460. The molecule has 1 atom stereocenters. The third kappa shape index (κ3) is 9.85. The van der Waals surface area contributed by atoms with Crippen molar-refractivity contribution in [3.05, 3.63) is 12.7 Å². The standard InChI is InChI=1S/C8H17NOS/c1-3-4-6-9-7-5-8-11(2)10/h3,9H,1,4-8H2,2H3. The molecule has 66 valence electrons. The molecule has 0 aliphatic heterocycles. The van der Waals surface area contributed by atoms with E-state index >= 15 is 0 Å². The Morgan fingerprint density at radius 1 is 1.55 bits per heavy atom. The molecule has 1 unspecified atom stereocenters. The van der Waals surface area contributed by atoms with Crippen molar-refractivity contribution in [1.29, 1.82) is 0 Å². The van der Waals surface area contributed by atoms with Crippen molar-refractivity contribution in [3.8, 4) is 0 Å². The highest BCUT2D eigenvalue weighted by Gasteiger charge is 1.89. The average molecular weight is 175 g/mol. The Balaban J connectivity index is 2.90. The maximum atomic E-state index is 10.6. The molecular formula is C8H17NOS. The zero-order chi connectivity index (χ0) is 8.53. The van der Waals surface area contributed by atoms with Crippen molar-refractivity contribution < 1.29 is 4.21 Å². The topological polar surface area (TPSA) is 29.1 Å². The summed E-state index contributed by atoms with van der Waals surface area (Å²) in [4.78, 5) is 0. The normalized spacial score (nSPS) is 12.8. The third-order valence-electron chi connectivity index (χ3n) is 1.31. The molecular weight excluding hydrogens is 158 g/mol. The van der Waals surface area contributed by atoms with Crippen LogP contribution >= 0.6 is 0 Å². The zero-order valence-electron chi connectivity index (χ0n) is 7.14. The van der Waals surface area contributed by atoms with E-state index in [2.05, 4.69) is 11.9 Å². The second kappa shape index (κ2) is 7.95. The summed E-state index contributed by atoms with van der Waals surface area (Å²) in [7, 11) is -0.633. The van der Waals surface area contributed by atoms with Gasteiger partial charge in [-0.25, -0.2) is 0 Å². The van der Waals surface area contributed by atoms with Crippen molar-refractivity contribution in [2.24, 2.45) is 0 Å². The molecule has 0 aromatic rings. The van der Waals surface area contributed by atoms with Gasteiger partial charge in [0, 0.05) is 22.8 Å². The molecule has 0 spiro atoms. The fraction of sp³-hybridized carbons (Fsp3) is 0.750. The molecule has 0 heterocycles. The van der Waals surface area contributed by atoms with Gasteiger partial charge in [0.1, 0.15) is 0 Å². The molecule has 0 radical (unpaired) electrons. The summed E-state index contributed by atoms with van der Waals surface area (Å²) in [5.74, 6) is 0.807. The fourth-order valence-electron chi connectivity index (χ4n) is 0.730. The van der Waals surface area contributed by atoms with Crippen LogP contribution in [0.5, 0.6) is 0 Å². The van der Waals surface area contributed by atoms with Gasteiger partial charge in [0.25, 0.3) is 0 Å². The third-order valence-corrected chi connectivity index (χ3v) is 2.17. The molecule has 0 fully saturated rings.